The Morgan fingerprint density at radius 2 is 1.92 bits per heavy atom. The van der Waals surface area contributed by atoms with E-state index in [0.29, 0.717) is 18.1 Å². The lowest BCUT2D eigenvalue weighted by Gasteiger charge is -2.15. The third-order valence-corrected chi connectivity index (χ3v) is 4.02. The Morgan fingerprint density at radius 1 is 1.23 bits per heavy atom. The van der Waals surface area contributed by atoms with Crippen molar-refractivity contribution in [2.24, 2.45) is 4.99 Å². The summed E-state index contributed by atoms with van der Waals surface area (Å²) in [4.78, 5) is 9.46. The first-order chi connectivity index (χ1) is 11.9. The monoisotopic (exact) mass is 500 g/mol. The molecule has 2 rings (SSSR count). The molecule has 0 aliphatic carbocycles. The molecule has 0 fully saturated rings. The van der Waals surface area contributed by atoms with Gasteiger partial charge in [0.2, 0.25) is 0 Å². The van der Waals surface area contributed by atoms with Crippen LogP contribution in [0.15, 0.2) is 35.5 Å². The molecule has 1 heterocycles. The Labute approximate surface area is 171 Å². The summed E-state index contributed by atoms with van der Waals surface area (Å²) in [6.45, 7) is 1.46. The number of rotatable bonds is 6. The molecule has 0 aliphatic heterocycles. The van der Waals surface area contributed by atoms with E-state index in [-0.39, 0.29) is 36.3 Å². The lowest BCUT2D eigenvalue weighted by atomic mass is 10.2. The molecule has 0 unspecified atom stereocenters. The number of aryl methyl sites for hydroxylation is 1. The maximum atomic E-state index is 12.3. The third-order valence-electron chi connectivity index (χ3n) is 3.11. The van der Waals surface area contributed by atoms with Crippen molar-refractivity contribution < 1.29 is 17.9 Å². The lowest BCUT2D eigenvalue weighted by molar-refractivity contribution is -0.153. The zero-order chi connectivity index (χ0) is 18.3. The van der Waals surface area contributed by atoms with Crippen molar-refractivity contribution in [3.63, 3.8) is 0 Å². The summed E-state index contributed by atoms with van der Waals surface area (Å²) >= 11 is 1.58. The Bertz CT molecular complexity index is 722. The molecule has 1 aromatic carbocycles. The van der Waals surface area contributed by atoms with Crippen LogP contribution in [0.5, 0.6) is 5.75 Å². The van der Waals surface area contributed by atoms with Crippen LogP contribution < -0.4 is 15.4 Å². The highest BCUT2D eigenvalue weighted by molar-refractivity contribution is 14.0. The van der Waals surface area contributed by atoms with Gasteiger partial charge in [-0.1, -0.05) is 18.2 Å². The van der Waals surface area contributed by atoms with Gasteiger partial charge in [0.05, 0.1) is 6.54 Å². The number of benzene rings is 1. The fourth-order valence-corrected chi connectivity index (χ4v) is 2.72. The van der Waals surface area contributed by atoms with E-state index in [1.54, 1.807) is 42.8 Å². The minimum Gasteiger partial charge on any atom is -0.484 e. The average Bonchev–Trinajstić information content (AvgIpc) is 2.98. The zero-order valence-corrected chi connectivity index (χ0v) is 17.4. The summed E-state index contributed by atoms with van der Waals surface area (Å²) in [6, 6.07) is 6.59. The van der Waals surface area contributed by atoms with Gasteiger partial charge in [0.15, 0.2) is 12.6 Å². The molecule has 0 saturated carbocycles. The SMILES string of the molecule is CN=C(NCc1ncc(C)s1)NCc1ccccc1OCC(F)(F)F.I. The fourth-order valence-electron chi connectivity index (χ4n) is 1.99. The number of nitrogens with zero attached hydrogens (tertiary/aromatic N) is 2. The summed E-state index contributed by atoms with van der Waals surface area (Å²) in [5.74, 6) is 0.719. The first-order valence-corrected chi connectivity index (χ1v) is 8.32. The van der Waals surface area contributed by atoms with Gasteiger partial charge < -0.3 is 15.4 Å². The van der Waals surface area contributed by atoms with Gasteiger partial charge in [-0.3, -0.25) is 4.99 Å². The topological polar surface area (TPSA) is 58.5 Å². The Kier molecular flexibility index (Phi) is 9.13. The van der Waals surface area contributed by atoms with Gasteiger partial charge in [-0.25, -0.2) is 4.98 Å². The minimum atomic E-state index is -4.37. The van der Waals surface area contributed by atoms with E-state index in [4.69, 9.17) is 4.74 Å². The summed E-state index contributed by atoms with van der Waals surface area (Å²) in [5.41, 5.74) is 0.611. The number of ether oxygens (including phenoxy) is 1. The molecular weight excluding hydrogens is 480 g/mol. The van der Waals surface area contributed by atoms with Crippen LogP contribution in [-0.4, -0.2) is 30.8 Å². The van der Waals surface area contributed by atoms with E-state index >= 15 is 0 Å². The highest BCUT2D eigenvalue weighted by atomic mass is 127. The maximum Gasteiger partial charge on any atom is 0.422 e. The highest BCUT2D eigenvalue weighted by Gasteiger charge is 2.28. The van der Waals surface area contributed by atoms with Gasteiger partial charge in [0.25, 0.3) is 0 Å². The smallest absolute Gasteiger partial charge is 0.422 e. The summed E-state index contributed by atoms with van der Waals surface area (Å²) in [5, 5.41) is 7.09. The number of guanidine groups is 1. The van der Waals surface area contributed by atoms with Gasteiger partial charge in [-0.2, -0.15) is 13.2 Å². The molecule has 0 atom stereocenters. The van der Waals surface area contributed by atoms with Crippen LogP contribution in [0.3, 0.4) is 0 Å². The predicted octanol–water partition coefficient (Wildman–Crippen LogP) is 3.88. The van der Waals surface area contributed by atoms with E-state index in [9.17, 15) is 13.2 Å². The van der Waals surface area contributed by atoms with Crippen molar-refractivity contribution in [1.82, 2.24) is 15.6 Å². The van der Waals surface area contributed by atoms with E-state index in [1.807, 2.05) is 6.92 Å². The minimum absolute atomic E-state index is 0. The second-order valence-corrected chi connectivity index (χ2v) is 6.47. The fraction of sp³-hybridized carbons (Fsp3) is 0.375. The molecule has 1 aromatic heterocycles. The zero-order valence-electron chi connectivity index (χ0n) is 14.3. The Hall–Kier alpha value is -1.56. The molecule has 26 heavy (non-hydrogen) atoms. The Morgan fingerprint density at radius 3 is 2.54 bits per heavy atom. The molecule has 0 aliphatic rings. The van der Waals surface area contributed by atoms with Crippen molar-refractivity contribution >= 4 is 41.3 Å². The first kappa shape index (κ1) is 22.5. The predicted molar refractivity (Wildman–Crippen MR) is 107 cm³/mol. The molecule has 0 radical (unpaired) electrons. The second-order valence-electron chi connectivity index (χ2n) is 5.16. The van der Waals surface area contributed by atoms with Crippen LogP contribution >= 0.6 is 35.3 Å². The van der Waals surface area contributed by atoms with E-state index in [1.165, 1.54) is 6.07 Å². The number of aromatic nitrogens is 1. The number of hydrogen-bond acceptors (Lipinski definition) is 4. The van der Waals surface area contributed by atoms with Crippen LogP contribution in [0.4, 0.5) is 13.2 Å². The molecule has 10 heteroatoms. The van der Waals surface area contributed by atoms with E-state index in [2.05, 4.69) is 20.6 Å². The molecule has 0 spiro atoms. The number of alkyl halides is 3. The largest absolute Gasteiger partial charge is 0.484 e. The van der Waals surface area contributed by atoms with Gasteiger partial charge in [0.1, 0.15) is 10.8 Å². The number of hydrogen-bond donors (Lipinski definition) is 2. The van der Waals surface area contributed by atoms with Gasteiger partial charge in [-0.15, -0.1) is 35.3 Å². The second kappa shape index (κ2) is 10.6. The molecule has 0 saturated heterocycles. The van der Waals surface area contributed by atoms with Crippen LogP contribution in [0.1, 0.15) is 15.4 Å². The molecule has 0 bridgehead atoms. The van der Waals surface area contributed by atoms with Crippen molar-refractivity contribution in [2.45, 2.75) is 26.2 Å². The number of nitrogens with one attached hydrogen (secondary N) is 2. The standard InChI is InChI=1S/C16H19F3N4OS.HI/c1-11-7-21-14(25-11)9-23-15(20-2)22-8-12-5-3-4-6-13(12)24-10-16(17,18)19;/h3-7H,8-10H2,1-2H3,(H2,20,22,23);1H. The number of thiazole rings is 1. The number of para-hydroxylation sites is 1. The molecule has 0 amide bonds. The van der Waals surface area contributed by atoms with Crippen molar-refractivity contribution in [3.05, 3.63) is 45.9 Å². The van der Waals surface area contributed by atoms with Gasteiger partial charge >= 0.3 is 6.18 Å². The summed E-state index contributed by atoms with van der Waals surface area (Å²) in [6.07, 6.45) is -2.57. The molecular formula is C16H20F3IN4OS. The number of halogens is 4. The first-order valence-electron chi connectivity index (χ1n) is 7.50. The van der Waals surface area contributed by atoms with Crippen LogP contribution in [-0.2, 0) is 13.1 Å². The average molecular weight is 500 g/mol. The van der Waals surface area contributed by atoms with E-state index < -0.39 is 12.8 Å². The quantitative estimate of drug-likeness (QED) is 0.359. The maximum absolute atomic E-state index is 12.3. The lowest BCUT2D eigenvalue weighted by Crippen LogP contribution is -2.36. The highest BCUT2D eigenvalue weighted by Crippen LogP contribution is 2.22. The Balaban J connectivity index is 0.00000338. The van der Waals surface area contributed by atoms with Crippen LogP contribution in [0, 0.1) is 6.92 Å². The van der Waals surface area contributed by atoms with Gasteiger partial charge in [0, 0.05) is 30.2 Å². The van der Waals surface area contributed by atoms with Crippen molar-refractivity contribution in [2.75, 3.05) is 13.7 Å². The number of aliphatic imine (C=N–C) groups is 1. The summed E-state index contributed by atoms with van der Waals surface area (Å²) in [7, 11) is 1.62. The van der Waals surface area contributed by atoms with Crippen molar-refractivity contribution in [1.29, 1.82) is 0 Å². The molecule has 5 nitrogen and oxygen atoms in total. The van der Waals surface area contributed by atoms with Crippen LogP contribution in [0.2, 0.25) is 0 Å². The van der Waals surface area contributed by atoms with E-state index in [0.717, 1.165) is 9.88 Å². The van der Waals surface area contributed by atoms with Gasteiger partial charge in [-0.05, 0) is 13.0 Å². The molecule has 144 valence electrons. The summed E-state index contributed by atoms with van der Waals surface area (Å²) < 4.78 is 41.9. The molecule has 2 N–H and O–H groups in total. The third kappa shape index (κ3) is 7.77. The van der Waals surface area contributed by atoms with Crippen LogP contribution in [0.25, 0.3) is 0 Å². The normalized spacial score (nSPS) is 11.7. The van der Waals surface area contributed by atoms with Crippen molar-refractivity contribution in [3.8, 4) is 5.75 Å². The molecule has 2 aromatic rings.